The number of hydrogen-bond donors (Lipinski definition) is 2. The van der Waals surface area contributed by atoms with Crippen LogP contribution in [0, 0.1) is 0 Å². The first-order valence-corrected chi connectivity index (χ1v) is 6.55. The summed E-state index contributed by atoms with van der Waals surface area (Å²) in [5.41, 5.74) is 0. The van der Waals surface area contributed by atoms with Crippen molar-refractivity contribution in [3.8, 4) is 0 Å². The van der Waals surface area contributed by atoms with E-state index in [-0.39, 0.29) is 24.7 Å². The van der Waals surface area contributed by atoms with E-state index in [1.807, 2.05) is 0 Å². The molecule has 2 aliphatic heterocycles. The van der Waals surface area contributed by atoms with Crippen molar-refractivity contribution < 1.29 is 14.3 Å². The van der Waals surface area contributed by atoms with Crippen LogP contribution in [0.4, 0.5) is 0 Å². The lowest BCUT2D eigenvalue weighted by Crippen LogP contribution is -2.39. The number of ether oxygens (including phenoxy) is 2. The number of carbonyl (C=O) groups excluding carboxylic acids is 1. The van der Waals surface area contributed by atoms with Gasteiger partial charge in [0, 0.05) is 19.7 Å². The van der Waals surface area contributed by atoms with E-state index in [0.29, 0.717) is 6.54 Å². The zero-order valence-electron chi connectivity index (χ0n) is 10.2. The van der Waals surface area contributed by atoms with E-state index in [4.69, 9.17) is 9.47 Å². The highest BCUT2D eigenvalue weighted by molar-refractivity contribution is 5.77. The van der Waals surface area contributed by atoms with Crippen LogP contribution in [0.15, 0.2) is 0 Å². The smallest absolute Gasteiger partial charge is 0.246 e. The molecule has 0 bridgehead atoms. The number of carbonyl (C=O) groups is 1. The molecule has 2 unspecified atom stereocenters. The molecule has 0 spiro atoms. The average Bonchev–Trinajstić information content (AvgIpc) is 2.88. The first-order valence-electron chi connectivity index (χ1n) is 6.55. The maximum absolute atomic E-state index is 11.5. The molecular formula is C12H22N2O3. The van der Waals surface area contributed by atoms with E-state index in [0.717, 1.165) is 45.4 Å². The maximum atomic E-state index is 11.5. The quantitative estimate of drug-likeness (QED) is 0.715. The Kier molecular flexibility index (Phi) is 5.22. The summed E-state index contributed by atoms with van der Waals surface area (Å²) in [5, 5.41) is 6.11. The van der Waals surface area contributed by atoms with Gasteiger partial charge in [-0.05, 0) is 32.2 Å². The van der Waals surface area contributed by atoms with Crippen molar-refractivity contribution in [3.63, 3.8) is 0 Å². The van der Waals surface area contributed by atoms with Gasteiger partial charge in [-0.3, -0.25) is 4.79 Å². The Morgan fingerprint density at radius 1 is 1.41 bits per heavy atom. The van der Waals surface area contributed by atoms with Crippen LogP contribution >= 0.6 is 0 Å². The third kappa shape index (κ3) is 4.61. The van der Waals surface area contributed by atoms with E-state index in [1.54, 1.807) is 0 Å². The van der Waals surface area contributed by atoms with Crippen LogP contribution in [-0.4, -0.2) is 51.0 Å². The van der Waals surface area contributed by atoms with Crippen molar-refractivity contribution in [2.24, 2.45) is 0 Å². The Hall–Kier alpha value is -0.650. The molecule has 17 heavy (non-hydrogen) atoms. The van der Waals surface area contributed by atoms with E-state index < -0.39 is 0 Å². The van der Waals surface area contributed by atoms with E-state index in [1.165, 1.54) is 0 Å². The van der Waals surface area contributed by atoms with Crippen LogP contribution in [0.2, 0.25) is 0 Å². The highest BCUT2D eigenvalue weighted by Gasteiger charge is 2.17. The third-order valence-electron chi connectivity index (χ3n) is 3.25. The number of amides is 1. The summed E-state index contributed by atoms with van der Waals surface area (Å²) in [5.74, 6) is -0.0360. The molecule has 5 nitrogen and oxygen atoms in total. The van der Waals surface area contributed by atoms with Gasteiger partial charge < -0.3 is 20.1 Å². The second-order valence-corrected chi connectivity index (χ2v) is 4.72. The van der Waals surface area contributed by atoms with Crippen LogP contribution in [0.1, 0.15) is 25.7 Å². The zero-order valence-corrected chi connectivity index (χ0v) is 10.2. The Balaban J connectivity index is 1.53. The monoisotopic (exact) mass is 242 g/mol. The van der Waals surface area contributed by atoms with E-state index in [2.05, 4.69) is 10.6 Å². The lowest BCUT2D eigenvalue weighted by Gasteiger charge is -2.22. The Morgan fingerprint density at radius 3 is 3.06 bits per heavy atom. The molecule has 0 radical (unpaired) electrons. The Bertz CT molecular complexity index is 236. The molecule has 0 aromatic carbocycles. The first-order chi connectivity index (χ1) is 8.34. The van der Waals surface area contributed by atoms with Gasteiger partial charge in [0.15, 0.2) is 0 Å². The molecule has 2 N–H and O–H groups in total. The fraction of sp³-hybridized carbons (Fsp3) is 0.917. The predicted octanol–water partition coefficient (Wildman–Crippen LogP) is 0.0502. The molecule has 2 aliphatic rings. The summed E-state index contributed by atoms with van der Waals surface area (Å²) in [6, 6.07) is 0. The van der Waals surface area contributed by atoms with Gasteiger partial charge in [0.1, 0.15) is 6.61 Å². The summed E-state index contributed by atoms with van der Waals surface area (Å²) >= 11 is 0. The molecule has 2 saturated heterocycles. The number of rotatable bonds is 5. The van der Waals surface area contributed by atoms with Gasteiger partial charge in [-0.1, -0.05) is 0 Å². The summed E-state index contributed by atoms with van der Waals surface area (Å²) in [6.45, 7) is 3.53. The minimum atomic E-state index is -0.0360. The molecule has 98 valence electrons. The lowest BCUT2D eigenvalue weighted by molar-refractivity contribution is -0.128. The van der Waals surface area contributed by atoms with Gasteiger partial charge in [0.05, 0.1) is 12.2 Å². The molecule has 0 saturated carbocycles. The van der Waals surface area contributed by atoms with Crippen LogP contribution in [-0.2, 0) is 14.3 Å². The van der Waals surface area contributed by atoms with Crippen molar-refractivity contribution in [1.29, 1.82) is 0 Å². The second-order valence-electron chi connectivity index (χ2n) is 4.72. The fourth-order valence-corrected chi connectivity index (χ4v) is 2.24. The number of piperidine rings is 1. The summed E-state index contributed by atoms with van der Waals surface area (Å²) < 4.78 is 11.0. The number of hydrogen-bond acceptors (Lipinski definition) is 4. The van der Waals surface area contributed by atoms with Crippen LogP contribution < -0.4 is 10.6 Å². The molecule has 0 aromatic rings. The van der Waals surface area contributed by atoms with Crippen molar-refractivity contribution in [1.82, 2.24) is 10.6 Å². The maximum Gasteiger partial charge on any atom is 0.246 e. The fourth-order valence-electron chi connectivity index (χ4n) is 2.24. The van der Waals surface area contributed by atoms with Crippen molar-refractivity contribution in [2.45, 2.75) is 37.9 Å². The highest BCUT2D eigenvalue weighted by Crippen LogP contribution is 2.10. The Morgan fingerprint density at radius 2 is 2.35 bits per heavy atom. The second kappa shape index (κ2) is 6.93. The SMILES string of the molecule is O=C(COC1CCCNC1)NCC1CCCO1. The molecule has 2 atom stereocenters. The van der Waals surface area contributed by atoms with E-state index in [9.17, 15) is 4.79 Å². The molecule has 0 aliphatic carbocycles. The van der Waals surface area contributed by atoms with E-state index >= 15 is 0 Å². The largest absolute Gasteiger partial charge is 0.376 e. The third-order valence-corrected chi connectivity index (χ3v) is 3.25. The van der Waals surface area contributed by atoms with Crippen LogP contribution in [0.25, 0.3) is 0 Å². The standard InChI is InChI=1S/C12H22N2O3/c15-12(14-8-11-4-2-6-16-11)9-17-10-3-1-5-13-7-10/h10-11,13H,1-9H2,(H,14,15). The molecule has 5 heteroatoms. The van der Waals surface area contributed by atoms with Crippen LogP contribution in [0.5, 0.6) is 0 Å². The summed E-state index contributed by atoms with van der Waals surface area (Å²) in [6.07, 6.45) is 4.72. The van der Waals surface area contributed by atoms with Gasteiger partial charge in [-0.15, -0.1) is 0 Å². The van der Waals surface area contributed by atoms with Gasteiger partial charge in [0.25, 0.3) is 0 Å². The average molecular weight is 242 g/mol. The summed E-state index contributed by atoms with van der Waals surface area (Å²) in [4.78, 5) is 11.5. The van der Waals surface area contributed by atoms with Crippen molar-refractivity contribution in [3.05, 3.63) is 0 Å². The molecule has 2 heterocycles. The van der Waals surface area contributed by atoms with Gasteiger partial charge >= 0.3 is 0 Å². The van der Waals surface area contributed by atoms with Crippen LogP contribution in [0.3, 0.4) is 0 Å². The molecule has 0 aromatic heterocycles. The van der Waals surface area contributed by atoms with Crippen molar-refractivity contribution in [2.75, 3.05) is 32.8 Å². The molecular weight excluding hydrogens is 220 g/mol. The topological polar surface area (TPSA) is 59.6 Å². The van der Waals surface area contributed by atoms with Gasteiger partial charge in [0.2, 0.25) is 5.91 Å². The van der Waals surface area contributed by atoms with Crippen molar-refractivity contribution >= 4 is 5.91 Å². The predicted molar refractivity (Wildman–Crippen MR) is 63.8 cm³/mol. The zero-order chi connectivity index (χ0) is 11.9. The minimum Gasteiger partial charge on any atom is -0.376 e. The normalized spacial score (nSPS) is 29.2. The Labute approximate surface area is 102 Å². The highest BCUT2D eigenvalue weighted by atomic mass is 16.5. The summed E-state index contributed by atoms with van der Waals surface area (Å²) in [7, 11) is 0. The first kappa shape index (κ1) is 12.8. The molecule has 1 amide bonds. The number of nitrogens with one attached hydrogen (secondary N) is 2. The minimum absolute atomic E-state index is 0.0360. The molecule has 2 fully saturated rings. The lowest BCUT2D eigenvalue weighted by atomic mass is 10.1. The van der Waals surface area contributed by atoms with Gasteiger partial charge in [-0.25, -0.2) is 0 Å². The van der Waals surface area contributed by atoms with Gasteiger partial charge in [-0.2, -0.15) is 0 Å². The molecule has 2 rings (SSSR count).